The highest BCUT2D eigenvalue weighted by Crippen LogP contribution is 2.65. The fourth-order valence-electron chi connectivity index (χ4n) is 8.60. The van der Waals surface area contributed by atoms with Gasteiger partial charge in [0.15, 0.2) is 0 Å². The zero-order valence-electron chi connectivity index (χ0n) is 32.7. The van der Waals surface area contributed by atoms with E-state index in [1.54, 1.807) is 0 Å². The lowest BCUT2D eigenvalue weighted by Gasteiger charge is -2.43. The molecule has 0 nitrogen and oxygen atoms in total. The Morgan fingerprint density at radius 1 is 0.365 bits per heavy atom. The lowest BCUT2D eigenvalue weighted by atomic mass is 9.88. The molecule has 0 aliphatic carbocycles. The molecule has 0 aromatic heterocycles. The van der Waals surface area contributed by atoms with Crippen molar-refractivity contribution in [3.8, 4) is 0 Å². The van der Waals surface area contributed by atoms with Gasteiger partial charge in [0.1, 0.15) is 0 Å². The van der Waals surface area contributed by atoms with Crippen molar-refractivity contribution in [3.05, 3.63) is 189 Å². The Bertz CT molecular complexity index is 1780. The van der Waals surface area contributed by atoms with Crippen molar-refractivity contribution in [2.45, 2.75) is 86.5 Å². The van der Waals surface area contributed by atoms with Gasteiger partial charge in [-0.3, -0.25) is 0 Å². The van der Waals surface area contributed by atoms with Crippen LogP contribution in [0, 0.1) is 61.3 Å². The lowest BCUT2D eigenvalue weighted by molar-refractivity contribution is 0.451. The van der Waals surface area contributed by atoms with E-state index in [1.165, 1.54) is 76.9 Å². The maximum atomic E-state index is 2.50. The van der Waals surface area contributed by atoms with Crippen LogP contribution in [-0.2, 0) is 0 Å². The highest BCUT2D eigenvalue weighted by Gasteiger charge is 2.42. The first-order valence-corrected chi connectivity index (χ1v) is 21.8. The fraction of sp³-hybridized carbons (Fsp3) is 0.280. The maximum Gasteiger partial charge on any atom is 0.0160 e. The van der Waals surface area contributed by atoms with Crippen molar-refractivity contribution < 1.29 is 0 Å². The van der Waals surface area contributed by atoms with Gasteiger partial charge in [-0.15, -0.1) is 0 Å². The number of rotatable bonds is 12. The maximum absolute atomic E-state index is 2.50. The molecule has 2 atom stereocenters. The molecule has 0 aliphatic rings. The molecule has 6 aromatic rings. The molecule has 266 valence electrons. The summed E-state index contributed by atoms with van der Waals surface area (Å²) in [6, 6.07) is 52.6. The number of hydrogen-bond donors (Lipinski definition) is 0. The van der Waals surface area contributed by atoms with Crippen LogP contribution in [0.4, 0.5) is 0 Å². The van der Waals surface area contributed by atoms with Crippen molar-refractivity contribution in [1.29, 1.82) is 0 Å². The minimum atomic E-state index is -0.806. The van der Waals surface area contributed by atoms with E-state index in [-0.39, 0.29) is 0 Å². The normalized spacial score (nSPS) is 13.4. The summed E-state index contributed by atoms with van der Waals surface area (Å²) in [4.78, 5) is 0. The monoisotopic (exact) mass is 718 g/mol. The van der Waals surface area contributed by atoms with Crippen LogP contribution in [0.25, 0.3) is 0 Å². The van der Waals surface area contributed by atoms with Gasteiger partial charge < -0.3 is 0 Å². The average molecular weight is 719 g/mol. The van der Waals surface area contributed by atoms with Crippen LogP contribution in [0.5, 0.6) is 0 Å². The molecule has 52 heavy (non-hydrogen) atoms. The highest BCUT2D eigenvalue weighted by molar-refractivity contribution is 7.74. The van der Waals surface area contributed by atoms with Gasteiger partial charge in [0, 0.05) is 11.3 Å². The third kappa shape index (κ3) is 8.85. The SMILES string of the molecule is CCCC(C(c1ccccc1)P(c1cc(C)cc(C)c1)c1cc(C)cc(C)c1)C(c1ccccc1)P(c1cc(C)cc(C)c1)c1cc(C)cc(C)c1. The Hall–Kier alpha value is -3.82. The summed E-state index contributed by atoms with van der Waals surface area (Å²) in [7, 11) is -1.61. The molecular weight excluding hydrogens is 662 g/mol. The fourth-order valence-corrected chi connectivity index (χ4v) is 15.7. The third-order valence-electron chi connectivity index (χ3n) is 10.2. The Morgan fingerprint density at radius 3 is 0.846 bits per heavy atom. The van der Waals surface area contributed by atoms with E-state index in [9.17, 15) is 0 Å². The quantitative estimate of drug-likeness (QED) is 0.111. The molecule has 0 spiro atoms. The van der Waals surface area contributed by atoms with Gasteiger partial charge in [-0.1, -0.05) is 191 Å². The Kier molecular flexibility index (Phi) is 12.3. The molecule has 0 saturated carbocycles. The van der Waals surface area contributed by atoms with Crippen LogP contribution in [-0.4, -0.2) is 0 Å². The number of aryl methyl sites for hydroxylation is 8. The standard InChI is InChI=1S/C50H56P2/c1-10-17-48(49(42-18-13-11-14-19-42)51(44-26-34(2)22-35(3)27-44)45-28-36(4)23-37(5)29-45)50(43-20-15-12-16-21-43)52(46-30-38(6)24-39(7)31-46)47-32-40(8)25-41(9)33-47/h11-16,18-33,48-50H,10,17H2,1-9H3. The summed E-state index contributed by atoms with van der Waals surface area (Å²) < 4.78 is 0. The Labute approximate surface area is 317 Å². The molecule has 0 fully saturated rings. The van der Waals surface area contributed by atoms with Crippen LogP contribution in [0.2, 0.25) is 0 Å². The largest absolute Gasteiger partial charge is 0.0654 e. The predicted octanol–water partition coefficient (Wildman–Crippen LogP) is 12.6. The molecule has 2 unspecified atom stereocenters. The summed E-state index contributed by atoms with van der Waals surface area (Å²) in [5.41, 5.74) is 14.3. The van der Waals surface area contributed by atoms with Crippen LogP contribution in [0.1, 0.15) is 86.7 Å². The van der Waals surface area contributed by atoms with E-state index in [0.717, 1.165) is 12.8 Å². The molecule has 6 aromatic carbocycles. The van der Waals surface area contributed by atoms with Crippen molar-refractivity contribution in [2.75, 3.05) is 0 Å². The molecule has 0 N–H and O–H groups in total. The predicted molar refractivity (Wildman–Crippen MR) is 233 cm³/mol. The average Bonchev–Trinajstić information content (AvgIpc) is 3.08. The van der Waals surface area contributed by atoms with Crippen LogP contribution in [0.15, 0.2) is 133 Å². The minimum absolute atomic E-state index is 0.297. The van der Waals surface area contributed by atoms with Crippen LogP contribution < -0.4 is 21.2 Å². The van der Waals surface area contributed by atoms with Crippen LogP contribution >= 0.6 is 15.8 Å². The molecule has 0 bridgehead atoms. The van der Waals surface area contributed by atoms with Crippen molar-refractivity contribution in [1.82, 2.24) is 0 Å². The van der Waals surface area contributed by atoms with Gasteiger partial charge in [0.25, 0.3) is 0 Å². The van der Waals surface area contributed by atoms with Gasteiger partial charge in [0.05, 0.1) is 0 Å². The highest BCUT2D eigenvalue weighted by atomic mass is 31.1. The summed E-state index contributed by atoms with van der Waals surface area (Å²) in [5.74, 6) is 0.371. The molecule has 0 heterocycles. The summed E-state index contributed by atoms with van der Waals surface area (Å²) >= 11 is 0. The third-order valence-corrected chi connectivity index (χ3v) is 15.9. The van der Waals surface area contributed by atoms with Gasteiger partial charge in [0.2, 0.25) is 0 Å². The molecular formula is C50H56P2. The van der Waals surface area contributed by atoms with Crippen molar-refractivity contribution in [3.63, 3.8) is 0 Å². The molecule has 0 amide bonds. The van der Waals surface area contributed by atoms with E-state index in [0.29, 0.717) is 17.2 Å². The molecule has 2 heteroatoms. The summed E-state index contributed by atoms with van der Waals surface area (Å²) in [6.45, 7) is 20.6. The van der Waals surface area contributed by atoms with E-state index in [1.807, 2.05) is 0 Å². The van der Waals surface area contributed by atoms with Gasteiger partial charge in [-0.05, 0) is 116 Å². The van der Waals surface area contributed by atoms with Gasteiger partial charge in [-0.25, -0.2) is 0 Å². The zero-order valence-corrected chi connectivity index (χ0v) is 34.5. The number of hydrogen-bond acceptors (Lipinski definition) is 0. The van der Waals surface area contributed by atoms with E-state index in [2.05, 4.69) is 196 Å². The Balaban J connectivity index is 1.73. The molecule has 0 radical (unpaired) electrons. The Morgan fingerprint density at radius 2 is 0.615 bits per heavy atom. The second-order valence-corrected chi connectivity index (χ2v) is 19.9. The van der Waals surface area contributed by atoms with Crippen molar-refractivity contribution >= 4 is 37.1 Å². The second-order valence-electron chi connectivity index (χ2n) is 15.3. The van der Waals surface area contributed by atoms with Gasteiger partial charge in [-0.2, -0.15) is 0 Å². The lowest BCUT2D eigenvalue weighted by Crippen LogP contribution is -2.30. The summed E-state index contributed by atoms with van der Waals surface area (Å²) in [6.07, 6.45) is 2.27. The first-order valence-electron chi connectivity index (χ1n) is 19.0. The zero-order chi connectivity index (χ0) is 36.9. The van der Waals surface area contributed by atoms with E-state index in [4.69, 9.17) is 0 Å². The summed E-state index contributed by atoms with van der Waals surface area (Å²) in [5, 5.41) is 5.95. The number of benzene rings is 6. The smallest absolute Gasteiger partial charge is 0.0160 e. The van der Waals surface area contributed by atoms with E-state index < -0.39 is 15.8 Å². The first-order chi connectivity index (χ1) is 25.0. The molecule has 0 aliphatic heterocycles. The minimum Gasteiger partial charge on any atom is -0.0654 e. The first kappa shape index (κ1) is 37.9. The molecule has 6 rings (SSSR count). The van der Waals surface area contributed by atoms with Crippen LogP contribution in [0.3, 0.4) is 0 Å². The molecule has 0 saturated heterocycles. The second kappa shape index (κ2) is 16.9. The van der Waals surface area contributed by atoms with Crippen molar-refractivity contribution in [2.24, 2.45) is 5.92 Å². The topological polar surface area (TPSA) is 0 Å². The van der Waals surface area contributed by atoms with E-state index >= 15 is 0 Å². The van der Waals surface area contributed by atoms with Gasteiger partial charge >= 0.3 is 0 Å².